The number of benzene rings is 2. The number of imide groups is 1. The van der Waals surface area contributed by atoms with E-state index in [-0.39, 0.29) is 22.9 Å². The fourth-order valence-electron chi connectivity index (χ4n) is 5.18. The number of anilines is 2. The van der Waals surface area contributed by atoms with Crippen molar-refractivity contribution in [2.75, 3.05) is 16.9 Å². The molecule has 2 aromatic rings. The summed E-state index contributed by atoms with van der Waals surface area (Å²) in [6.07, 6.45) is 3.74. The molecule has 0 aliphatic carbocycles. The van der Waals surface area contributed by atoms with Crippen LogP contribution in [0.15, 0.2) is 48.5 Å². The highest BCUT2D eigenvalue weighted by Crippen LogP contribution is 2.50. The molecule has 0 bridgehead atoms. The van der Waals surface area contributed by atoms with Crippen LogP contribution in [-0.4, -0.2) is 41.7 Å². The quantitative estimate of drug-likeness (QED) is 0.414. The van der Waals surface area contributed by atoms with Crippen LogP contribution in [0.4, 0.5) is 17.1 Å². The Morgan fingerprint density at radius 1 is 1.06 bits per heavy atom. The van der Waals surface area contributed by atoms with Gasteiger partial charge in [0, 0.05) is 17.8 Å². The van der Waals surface area contributed by atoms with Gasteiger partial charge in [0.1, 0.15) is 17.5 Å². The molecule has 2 amide bonds. The summed E-state index contributed by atoms with van der Waals surface area (Å²) in [5, 5.41) is 11.3. The van der Waals surface area contributed by atoms with Gasteiger partial charge in [-0.2, -0.15) is 0 Å². The Hall–Kier alpha value is -4.01. The van der Waals surface area contributed by atoms with Crippen LogP contribution >= 0.6 is 0 Å². The molecular weight excluding hydrogens is 414 g/mol. The van der Waals surface area contributed by atoms with Crippen LogP contribution in [0.25, 0.3) is 6.08 Å². The van der Waals surface area contributed by atoms with Crippen molar-refractivity contribution in [3.05, 3.63) is 64.2 Å². The Labute approximate surface area is 183 Å². The van der Waals surface area contributed by atoms with Gasteiger partial charge >= 0.3 is 0 Å². The predicted molar refractivity (Wildman–Crippen MR) is 115 cm³/mol. The predicted octanol–water partition coefficient (Wildman–Crippen LogP) is 2.58. The molecule has 0 spiro atoms. The van der Waals surface area contributed by atoms with Crippen molar-refractivity contribution in [2.24, 2.45) is 11.8 Å². The number of nitrogens with zero attached hydrogens (tertiary/aromatic N) is 3. The van der Waals surface area contributed by atoms with Gasteiger partial charge < -0.3 is 9.64 Å². The normalized spacial score (nSPS) is 25.4. The number of rotatable bonds is 4. The number of para-hydroxylation sites is 1. The molecule has 5 rings (SSSR count). The second-order valence-corrected chi connectivity index (χ2v) is 8.05. The standard InChI is InChI=1S/C23H19N3O6/c1-12(27)21-20-19(16-9-7-13-5-3-4-6-15(13)24(16)21)22(28)25(23(20)29)17-11-14(26(30)31)8-10-18(17)32-2/h3-11,16,19-21H,1-2H3/t16-,19-,20-,21+/m1/s1. The number of Topliss-reactive ketones (excluding diaryl/α,β-unsaturated/α-hetero) is 1. The van der Waals surface area contributed by atoms with Crippen LogP contribution in [0.2, 0.25) is 0 Å². The van der Waals surface area contributed by atoms with Crippen molar-refractivity contribution in [2.45, 2.75) is 19.0 Å². The molecule has 0 aromatic heterocycles. The number of non-ortho nitro benzene ring substituents is 1. The van der Waals surface area contributed by atoms with E-state index in [0.29, 0.717) is 0 Å². The average molecular weight is 433 g/mol. The van der Waals surface area contributed by atoms with Gasteiger partial charge in [0.05, 0.1) is 29.9 Å². The molecule has 32 heavy (non-hydrogen) atoms. The maximum absolute atomic E-state index is 13.6. The SMILES string of the molecule is COc1ccc([N+](=O)[O-])cc1N1C(=O)[C@@H]2[C@H](C1=O)[C@H]1C=Cc3ccccc3N1[C@H]2C(C)=O. The van der Waals surface area contributed by atoms with Gasteiger partial charge in [-0.3, -0.25) is 24.5 Å². The third-order valence-corrected chi connectivity index (χ3v) is 6.45. The molecular formula is C23H19N3O6. The number of hydrogen-bond donors (Lipinski definition) is 0. The first kappa shape index (κ1) is 19.9. The van der Waals surface area contributed by atoms with Crippen LogP contribution in [0.1, 0.15) is 12.5 Å². The summed E-state index contributed by atoms with van der Waals surface area (Å²) >= 11 is 0. The minimum absolute atomic E-state index is 0.0140. The highest BCUT2D eigenvalue weighted by molar-refractivity contribution is 6.25. The van der Waals surface area contributed by atoms with Crippen molar-refractivity contribution >= 4 is 40.7 Å². The van der Waals surface area contributed by atoms with E-state index in [2.05, 4.69) is 0 Å². The molecule has 0 radical (unpaired) electrons. The summed E-state index contributed by atoms with van der Waals surface area (Å²) in [6, 6.07) is 9.98. The van der Waals surface area contributed by atoms with Gasteiger partial charge in [-0.25, -0.2) is 4.90 Å². The highest BCUT2D eigenvalue weighted by Gasteiger charge is 2.64. The van der Waals surface area contributed by atoms with Gasteiger partial charge in [-0.05, 0) is 24.6 Å². The average Bonchev–Trinajstić information content (AvgIpc) is 3.26. The molecule has 2 saturated heterocycles. The Balaban J connectivity index is 1.64. The number of hydrogen-bond acceptors (Lipinski definition) is 7. The lowest BCUT2D eigenvalue weighted by Crippen LogP contribution is -2.48. The highest BCUT2D eigenvalue weighted by atomic mass is 16.6. The topological polar surface area (TPSA) is 110 Å². The second kappa shape index (κ2) is 7.01. The molecule has 3 aliphatic heterocycles. The minimum atomic E-state index is -0.898. The van der Waals surface area contributed by atoms with Gasteiger partial charge in [-0.1, -0.05) is 30.4 Å². The molecule has 0 N–H and O–H groups in total. The molecule has 0 saturated carbocycles. The van der Waals surface area contributed by atoms with E-state index in [4.69, 9.17) is 4.74 Å². The molecule has 0 unspecified atom stereocenters. The lowest BCUT2D eigenvalue weighted by molar-refractivity contribution is -0.384. The number of methoxy groups -OCH3 is 1. The number of nitro groups is 1. The van der Waals surface area contributed by atoms with Crippen molar-refractivity contribution in [3.8, 4) is 5.75 Å². The molecule has 4 atom stereocenters. The van der Waals surface area contributed by atoms with Gasteiger partial charge in [0.25, 0.3) is 5.69 Å². The van der Waals surface area contributed by atoms with Crippen molar-refractivity contribution in [1.29, 1.82) is 0 Å². The molecule has 2 fully saturated rings. The van der Waals surface area contributed by atoms with E-state index in [1.807, 2.05) is 41.3 Å². The number of carbonyl (C=O) groups excluding carboxylic acids is 3. The van der Waals surface area contributed by atoms with E-state index in [0.717, 1.165) is 22.2 Å². The maximum atomic E-state index is 13.6. The summed E-state index contributed by atoms with van der Waals surface area (Å²) in [6.45, 7) is 1.42. The largest absolute Gasteiger partial charge is 0.495 e. The number of amides is 2. The third-order valence-electron chi connectivity index (χ3n) is 6.45. The summed E-state index contributed by atoms with van der Waals surface area (Å²) in [5.41, 5.74) is 1.46. The van der Waals surface area contributed by atoms with Gasteiger partial charge in [0.15, 0.2) is 5.78 Å². The first-order chi connectivity index (χ1) is 15.3. The molecule has 9 nitrogen and oxygen atoms in total. The fourth-order valence-corrected chi connectivity index (χ4v) is 5.18. The van der Waals surface area contributed by atoms with Crippen molar-refractivity contribution < 1.29 is 24.0 Å². The number of ether oxygens (including phenoxy) is 1. The number of carbonyl (C=O) groups is 3. The minimum Gasteiger partial charge on any atom is -0.495 e. The zero-order valence-corrected chi connectivity index (χ0v) is 17.3. The molecule has 162 valence electrons. The molecule has 2 aromatic carbocycles. The Kier molecular flexibility index (Phi) is 4.37. The lowest BCUT2D eigenvalue weighted by atomic mass is 9.88. The third kappa shape index (κ3) is 2.60. The zero-order valence-electron chi connectivity index (χ0n) is 17.3. The van der Waals surface area contributed by atoms with Crippen LogP contribution in [-0.2, 0) is 14.4 Å². The van der Waals surface area contributed by atoms with E-state index < -0.39 is 40.7 Å². The molecule has 9 heteroatoms. The summed E-state index contributed by atoms with van der Waals surface area (Å²) in [7, 11) is 1.36. The second-order valence-electron chi connectivity index (χ2n) is 8.05. The van der Waals surface area contributed by atoms with Crippen LogP contribution in [0.3, 0.4) is 0 Å². The Bertz CT molecular complexity index is 1220. The van der Waals surface area contributed by atoms with Gasteiger partial charge in [-0.15, -0.1) is 0 Å². The van der Waals surface area contributed by atoms with Crippen molar-refractivity contribution in [1.82, 2.24) is 0 Å². The summed E-state index contributed by atoms with van der Waals surface area (Å²) < 4.78 is 5.28. The van der Waals surface area contributed by atoms with E-state index in [9.17, 15) is 24.5 Å². The first-order valence-electron chi connectivity index (χ1n) is 10.1. The monoisotopic (exact) mass is 433 g/mol. The van der Waals surface area contributed by atoms with Crippen LogP contribution in [0, 0.1) is 22.0 Å². The summed E-state index contributed by atoms with van der Waals surface area (Å²) in [5.74, 6) is -2.80. The van der Waals surface area contributed by atoms with Crippen LogP contribution < -0.4 is 14.5 Å². The smallest absolute Gasteiger partial charge is 0.271 e. The Morgan fingerprint density at radius 3 is 2.47 bits per heavy atom. The number of fused-ring (bicyclic) bond motifs is 5. The Morgan fingerprint density at radius 2 is 1.78 bits per heavy atom. The number of ketones is 1. The zero-order chi connectivity index (χ0) is 22.7. The van der Waals surface area contributed by atoms with Crippen LogP contribution in [0.5, 0.6) is 5.75 Å². The fraction of sp³-hybridized carbons (Fsp3) is 0.261. The lowest BCUT2D eigenvalue weighted by Gasteiger charge is -2.36. The molecule has 3 heterocycles. The van der Waals surface area contributed by atoms with E-state index in [1.54, 1.807) is 0 Å². The summed E-state index contributed by atoms with van der Waals surface area (Å²) in [4.78, 5) is 53.4. The maximum Gasteiger partial charge on any atom is 0.271 e. The first-order valence-corrected chi connectivity index (χ1v) is 10.1. The molecule has 3 aliphatic rings. The van der Waals surface area contributed by atoms with E-state index >= 15 is 0 Å². The van der Waals surface area contributed by atoms with Crippen molar-refractivity contribution in [3.63, 3.8) is 0 Å². The number of nitro benzene ring substituents is 1. The van der Waals surface area contributed by atoms with E-state index in [1.165, 1.54) is 26.2 Å². The van der Waals surface area contributed by atoms with Gasteiger partial charge in [0.2, 0.25) is 11.8 Å².